The second-order valence-corrected chi connectivity index (χ2v) is 5.38. The molecule has 0 aromatic heterocycles. The number of carbonyl (C=O) groups is 1. The number of sulfone groups is 1. The molecular weight excluding hydrogens is 204 g/mol. The summed E-state index contributed by atoms with van der Waals surface area (Å²) >= 11 is 0. The van der Waals surface area contributed by atoms with E-state index in [0.717, 1.165) is 12.7 Å². The number of hydrogen-bond donors (Lipinski definition) is 1. The molecule has 6 heteroatoms. The van der Waals surface area contributed by atoms with Gasteiger partial charge < -0.3 is 10.6 Å². The predicted octanol–water partition coefficient (Wildman–Crippen LogP) is -0.772. The molecule has 0 heterocycles. The van der Waals surface area contributed by atoms with Gasteiger partial charge in [0.1, 0.15) is 5.75 Å². The van der Waals surface area contributed by atoms with Crippen molar-refractivity contribution in [3.05, 3.63) is 0 Å². The van der Waals surface area contributed by atoms with Gasteiger partial charge >= 0.3 is 0 Å². The molecule has 0 aromatic carbocycles. The van der Waals surface area contributed by atoms with Crippen LogP contribution in [-0.4, -0.2) is 50.9 Å². The molecule has 0 unspecified atom stereocenters. The van der Waals surface area contributed by atoms with Gasteiger partial charge in [0.05, 0.1) is 0 Å². The number of nitrogens with zero attached hydrogens (tertiary/aromatic N) is 1. The summed E-state index contributed by atoms with van der Waals surface area (Å²) < 4.78 is 21.8. The Kier molecular flexibility index (Phi) is 5.71. The van der Waals surface area contributed by atoms with Crippen LogP contribution in [-0.2, 0) is 14.6 Å². The molecule has 0 aliphatic rings. The Labute approximate surface area is 85.2 Å². The lowest BCUT2D eigenvalue weighted by Gasteiger charge is -2.20. The summed E-state index contributed by atoms with van der Waals surface area (Å²) in [4.78, 5) is 12.9. The molecule has 84 valence electrons. The van der Waals surface area contributed by atoms with E-state index in [1.165, 1.54) is 4.90 Å². The normalized spacial score (nSPS) is 11.4. The minimum Gasteiger partial charge on any atom is -0.341 e. The monoisotopic (exact) mass is 222 g/mol. The Morgan fingerprint density at radius 2 is 1.93 bits per heavy atom. The van der Waals surface area contributed by atoms with Crippen molar-refractivity contribution in [1.29, 1.82) is 0 Å². The summed E-state index contributed by atoms with van der Waals surface area (Å²) in [6, 6.07) is 0. The molecule has 0 spiro atoms. The molecule has 0 aliphatic heterocycles. The van der Waals surface area contributed by atoms with Gasteiger partial charge in [0, 0.05) is 25.9 Å². The summed E-state index contributed by atoms with van der Waals surface area (Å²) in [6.07, 6.45) is 1.85. The first kappa shape index (κ1) is 13.4. The Hall–Kier alpha value is -0.620. The summed E-state index contributed by atoms with van der Waals surface area (Å²) in [5, 5.41) is 0. The van der Waals surface area contributed by atoms with E-state index in [9.17, 15) is 13.2 Å². The average molecular weight is 222 g/mol. The standard InChI is InChI=1S/C8H18N2O3S/c1-3-5-10(6-4-9)8(11)7-14(2,12)13/h3-7,9H2,1-2H3. The molecule has 0 rings (SSSR count). The fraction of sp³-hybridized carbons (Fsp3) is 0.875. The zero-order chi connectivity index (χ0) is 11.2. The first-order chi connectivity index (χ1) is 6.40. The summed E-state index contributed by atoms with van der Waals surface area (Å²) in [6.45, 7) is 3.26. The second-order valence-electron chi connectivity index (χ2n) is 3.24. The lowest BCUT2D eigenvalue weighted by Crippen LogP contribution is -2.39. The molecule has 0 atom stereocenters. The van der Waals surface area contributed by atoms with Crippen molar-refractivity contribution in [2.45, 2.75) is 13.3 Å². The minimum atomic E-state index is -3.24. The van der Waals surface area contributed by atoms with Gasteiger partial charge in [-0.2, -0.15) is 0 Å². The maximum atomic E-state index is 11.4. The molecule has 0 bridgehead atoms. The van der Waals surface area contributed by atoms with E-state index in [-0.39, 0.29) is 5.91 Å². The molecule has 1 amide bonds. The highest BCUT2D eigenvalue weighted by Gasteiger charge is 2.16. The van der Waals surface area contributed by atoms with Crippen molar-refractivity contribution in [3.8, 4) is 0 Å². The van der Waals surface area contributed by atoms with Crippen LogP contribution in [0.3, 0.4) is 0 Å². The predicted molar refractivity (Wildman–Crippen MR) is 55.6 cm³/mol. The van der Waals surface area contributed by atoms with Crippen LogP contribution >= 0.6 is 0 Å². The average Bonchev–Trinajstić information content (AvgIpc) is 2.01. The zero-order valence-corrected chi connectivity index (χ0v) is 9.51. The van der Waals surface area contributed by atoms with Crippen LogP contribution in [0.25, 0.3) is 0 Å². The van der Waals surface area contributed by atoms with Gasteiger partial charge in [-0.3, -0.25) is 4.79 Å². The molecule has 14 heavy (non-hydrogen) atoms. The van der Waals surface area contributed by atoms with Crippen LogP contribution in [0.4, 0.5) is 0 Å². The fourth-order valence-electron chi connectivity index (χ4n) is 1.10. The van der Waals surface area contributed by atoms with Gasteiger partial charge in [-0.1, -0.05) is 6.92 Å². The Morgan fingerprint density at radius 3 is 2.29 bits per heavy atom. The number of hydrogen-bond acceptors (Lipinski definition) is 4. The lowest BCUT2D eigenvalue weighted by molar-refractivity contribution is -0.128. The topological polar surface area (TPSA) is 80.5 Å². The van der Waals surface area contributed by atoms with Crippen LogP contribution < -0.4 is 5.73 Å². The zero-order valence-electron chi connectivity index (χ0n) is 8.69. The van der Waals surface area contributed by atoms with E-state index < -0.39 is 15.6 Å². The van der Waals surface area contributed by atoms with Crippen LogP contribution in [0, 0.1) is 0 Å². The molecule has 0 fully saturated rings. The highest BCUT2D eigenvalue weighted by atomic mass is 32.2. The molecule has 5 nitrogen and oxygen atoms in total. The smallest absolute Gasteiger partial charge is 0.237 e. The summed E-state index contributed by atoms with van der Waals surface area (Å²) in [5.41, 5.74) is 5.32. The number of carbonyl (C=O) groups excluding carboxylic acids is 1. The van der Waals surface area contributed by atoms with Gasteiger partial charge in [0.15, 0.2) is 9.84 Å². The van der Waals surface area contributed by atoms with Crippen molar-refractivity contribution in [2.75, 3.05) is 31.6 Å². The van der Waals surface area contributed by atoms with E-state index in [2.05, 4.69) is 0 Å². The van der Waals surface area contributed by atoms with Crippen molar-refractivity contribution >= 4 is 15.7 Å². The minimum absolute atomic E-state index is 0.357. The molecule has 0 radical (unpaired) electrons. The molecule has 0 saturated heterocycles. The van der Waals surface area contributed by atoms with Crippen LogP contribution in [0.5, 0.6) is 0 Å². The lowest BCUT2D eigenvalue weighted by atomic mass is 10.4. The van der Waals surface area contributed by atoms with Gasteiger partial charge in [-0.25, -0.2) is 8.42 Å². The third kappa shape index (κ3) is 5.93. The van der Waals surface area contributed by atoms with E-state index in [1.807, 2.05) is 6.92 Å². The highest BCUT2D eigenvalue weighted by Crippen LogP contribution is 1.95. The summed E-state index contributed by atoms with van der Waals surface area (Å²) in [5.74, 6) is -0.785. The van der Waals surface area contributed by atoms with Crippen molar-refractivity contribution in [2.24, 2.45) is 5.73 Å². The largest absolute Gasteiger partial charge is 0.341 e. The van der Waals surface area contributed by atoms with Crippen LogP contribution in [0.1, 0.15) is 13.3 Å². The third-order valence-corrected chi connectivity index (χ3v) is 2.40. The van der Waals surface area contributed by atoms with Gasteiger partial charge in [-0.05, 0) is 6.42 Å². The van der Waals surface area contributed by atoms with Crippen molar-refractivity contribution in [1.82, 2.24) is 4.90 Å². The molecule has 0 aliphatic carbocycles. The SMILES string of the molecule is CCCN(CCN)C(=O)CS(C)(=O)=O. The van der Waals surface area contributed by atoms with Gasteiger partial charge in [0.25, 0.3) is 0 Å². The molecule has 0 saturated carbocycles. The fourth-order valence-corrected chi connectivity index (χ4v) is 1.73. The van der Waals surface area contributed by atoms with Crippen molar-refractivity contribution in [3.63, 3.8) is 0 Å². The van der Waals surface area contributed by atoms with E-state index in [4.69, 9.17) is 5.73 Å². The first-order valence-electron chi connectivity index (χ1n) is 4.56. The summed E-state index contributed by atoms with van der Waals surface area (Å²) in [7, 11) is -3.24. The highest BCUT2D eigenvalue weighted by molar-refractivity contribution is 7.91. The Morgan fingerprint density at radius 1 is 1.36 bits per heavy atom. The quantitative estimate of drug-likeness (QED) is 0.640. The number of amides is 1. The second kappa shape index (κ2) is 5.98. The van der Waals surface area contributed by atoms with Gasteiger partial charge in [0.2, 0.25) is 5.91 Å². The molecule has 0 aromatic rings. The van der Waals surface area contributed by atoms with Crippen LogP contribution in [0.2, 0.25) is 0 Å². The van der Waals surface area contributed by atoms with Crippen molar-refractivity contribution < 1.29 is 13.2 Å². The van der Waals surface area contributed by atoms with E-state index in [1.54, 1.807) is 0 Å². The maximum absolute atomic E-state index is 11.4. The molecule has 2 N–H and O–H groups in total. The molecular formula is C8H18N2O3S. The number of nitrogens with two attached hydrogens (primary N) is 1. The Balaban J connectivity index is 4.29. The first-order valence-corrected chi connectivity index (χ1v) is 6.62. The van der Waals surface area contributed by atoms with E-state index >= 15 is 0 Å². The Bertz CT molecular complexity index is 268. The van der Waals surface area contributed by atoms with Gasteiger partial charge in [-0.15, -0.1) is 0 Å². The van der Waals surface area contributed by atoms with Crippen LogP contribution in [0.15, 0.2) is 0 Å². The van der Waals surface area contributed by atoms with E-state index in [0.29, 0.717) is 19.6 Å². The maximum Gasteiger partial charge on any atom is 0.237 e. The third-order valence-electron chi connectivity index (χ3n) is 1.63. The number of rotatable bonds is 6.